The van der Waals surface area contributed by atoms with Crippen molar-refractivity contribution in [2.45, 2.75) is 18.2 Å². The first-order valence-electron chi connectivity index (χ1n) is 5.36. The van der Waals surface area contributed by atoms with E-state index in [9.17, 15) is 17.6 Å². The molecule has 3 N–H and O–H groups in total. The lowest BCUT2D eigenvalue weighted by Crippen LogP contribution is -2.52. The lowest BCUT2D eigenvalue weighted by Gasteiger charge is -2.32. The minimum atomic E-state index is -4.55. The van der Waals surface area contributed by atoms with Gasteiger partial charge in [-0.25, -0.2) is 4.39 Å². The van der Waals surface area contributed by atoms with Crippen molar-refractivity contribution >= 4 is 5.69 Å². The van der Waals surface area contributed by atoms with Gasteiger partial charge in [0.15, 0.2) is 0 Å². The molecule has 1 heterocycles. The maximum atomic E-state index is 13.0. The first-order valence-corrected chi connectivity index (χ1v) is 5.36. The van der Waals surface area contributed by atoms with Gasteiger partial charge in [0.05, 0.1) is 5.69 Å². The summed E-state index contributed by atoms with van der Waals surface area (Å²) < 4.78 is 57.1. The van der Waals surface area contributed by atoms with Crippen LogP contribution in [0.2, 0.25) is 0 Å². The topological polar surface area (TPSA) is 47.3 Å². The molecule has 1 fully saturated rings. The summed E-state index contributed by atoms with van der Waals surface area (Å²) >= 11 is 0. The highest BCUT2D eigenvalue weighted by molar-refractivity contribution is 5.52. The number of benzene rings is 1. The lowest BCUT2D eigenvalue weighted by molar-refractivity contribution is -0.240. The van der Waals surface area contributed by atoms with Crippen LogP contribution in [0, 0.1) is 5.82 Å². The zero-order chi connectivity index (χ0) is 13.4. The van der Waals surface area contributed by atoms with Crippen LogP contribution in [0.5, 0.6) is 5.75 Å². The van der Waals surface area contributed by atoms with Gasteiger partial charge in [0.25, 0.3) is 0 Å². The fourth-order valence-electron chi connectivity index (χ4n) is 1.86. The first-order chi connectivity index (χ1) is 8.34. The third-order valence-electron chi connectivity index (χ3n) is 2.91. The molecule has 0 aliphatic carbocycles. The molecule has 1 aromatic rings. The number of nitrogens with two attached hydrogens (primary N) is 1. The number of ether oxygens (including phenoxy) is 1. The lowest BCUT2D eigenvalue weighted by atomic mass is 10.0. The van der Waals surface area contributed by atoms with Crippen LogP contribution in [-0.2, 0) is 0 Å². The van der Waals surface area contributed by atoms with E-state index in [2.05, 4.69) is 5.32 Å². The molecular formula is C11H12F4N2O. The largest absolute Gasteiger partial charge is 0.474 e. The van der Waals surface area contributed by atoms with Crippen molar-refractivity contribution in [1.82, 2.24) is 5.32 Å². The number of hydrogen-bond donors (Lipinski definition) is 2. The third-order valence-corrected chi connectivity index (χ3v) is 2.91. The summed E-state index contributed by atoms with van der Waals surface area (Å²) in [6, 6.07) is 3.10. The van der Waals surface area contributed by atoms with E-state index >= 15 is 0 Å². The molecule has 1 aliphatic rings. The van der Waals surface area contributed by atoms with E-state index in [1.807, 2.05) is 0 Å². The van der Waals surface area contributed by atoms with Crippen LogP contribution in [0.3, 0.4) is 0 Å². The highest BCUT2D eigenvalue weighted by atomic mass is 19.4. The summed E-state index contributed by atoms with van der Waals surface area (Å²) in [5, 5.41) is 2.59. The van der Waals surface area contributed by atoms with Crippen molar-refractivity contribution < 1.29 is 22.3 Å². The maximum Gasteiger partial charge on any atom is 0.429 e. The highest BCUT2D eigenvalue weighted by Crippen LogP contribution is 2.40. The van der Waals surface area contributed by atoms with Gasteiger partial charge >= 0.3 is 6.18 Å². The first kappa shape index (κ1) is 12.9. The van der Waals surface area contributed by atoms with Crippen molar-refractivity contribution in [3.8, 4) is 5.75 Å². The molecule has 1 aliphatic heterocycles. The van der Waals surface area contributed by atoms with Crippen LogP contribution in [-0.4, -0.2) is 24.9 Å². The molecule has 1 atom stereocenters. The molecule has 0 amide bonds. The average Bonchev–Trinajstić information content (AvgIpc) is 2.72. The van der Waals surface area contributed by atoms with Crippen LogP contribution in [0.15, 0.2) is 18.2 Å². The molecule has 100 valence electrons. The van der Waals surface area contributed by atoms with Gasteiger partial charge in [0, 0.05) is 19.0 Å². The molecule has 1 unspecified atom stereocenters. The number of halogens is 4. The van der Waals surface area contributed by atoms with Crippen molar-refractivity contribution in [3.05, 3.63) is 24.0 Å². The summed E-state index contributed by atoms with van der Waals surface area (Å²) in [6.07, 6.45) is -4.78. The number of alkyl halides is 3. The minimum Gasteiger partial charge on any atom is -0.474 e. The van der Waals surface area contributed by atoms with Crippen molar-refractivity contribution in [1.29, 1.82) is 0 Å². The van der Waals surface area contributed by atoms with Crippen molar-refractivity contribution in [3.63, 3.8) is 0 Å². The summed E-state index contributed by atoms with van der Waals surface area (Å²) in [6.45, 7) is -0.179. The van der Waals surface area contributed by atoms with Crippen molar-refractivity contribution in [2.24, 2.45) is 0 Å². The van der Waals surface area contributed by atoms with E-state index in [1.165, 1.54) is 6.07 Å². The summed E-state index contributed by atoms with van der Waals surface area (Å²) in [5.41, 5.74) is 3.13. The van der Waals surface area contributed by atoms with Gasteiger partial charge in [-0.1, -0.05) is 0 Å². The van der Waals surface area contributed by atoms with Gasteiger partial charge < -0.3 is 15.8 Å². The number of nitrogens with one attached hydrogen (secondary N) is 1. The second-order valence-electron chi connectivity index (χ2n) is 4.20. The van der Waals surface area contributed by atoms with Crippen LogP contribution in [0.25, 0.3) is 0 Å². The zero-order valence-corrected chi connectivity index (χ0v) is 9.35. The van der Waals surface area contributed by atoms with Gasteiger partial charge in [-0.15, -0.1) is 0 Å². The van der Waals surface area contributed by atoms with E-state index in [0.29, 0.717) is 0 Å². The SMILES string of the molecule is Nc1ccc(F)cc1OC1(C(F)(F)F)CCNC1. The Morgan fingerprint density at radius 2 is 2.06 bits per heavy atom. The molecule has 0 saturated carbocycles. The van der Waals surface area contributed by atoms with Crippen LogP contribution >= 0.6 is 0 Å². The number of rotatable bonds is 2. The molecule has 1 aromatic carbocycles. The van der Waals surface area contributed by atoms with Gasteiger partial charge in [-0.05, 0) is 18.7 Å². The Labute approximate surface area is 101 Å². The summed E-state index contributed by atoms with van der Waals surface area (Å²) in [4.78, 5) is 0. The Kier molecular flexibility index (Phi) is 3.10. The van der Waals surface area contributed by atoms with Crippen molar-refractivity contribution in [2.75, 3.05) is 18.8 Å². The minimum absolute atomic E-state index is 0.0214. The summed E-state index contributed by atoms with van der Waals surface area (Å²) in [7, 11) is 0. The molecule has 0 radical (unpaired) electrons. The van der Waals surface area contributed by atoms with E-state index in [1.54, 1.807) is 0 Å². The maximum absolute atomic E-state index is 13.0. The Morgan fingerprint density at radius 1 is 1.33 bits per heavy atom. The molecule has 18 heavy (non-hydrogen) atoms. The predicted octanol–water partition coefficient (Wildman–Crippen LogP) is 2.08. The highest BCUT2D eigenvalue weighted by Gasteiger charge is 2.59. The summed E-state index contributed by atoms with van der Waals surface area (Å²) in [5.74, 6) is -0.974. The number of nitrogen functional groups attached to an aromatic ring is 1. The molecule has 0 aromatic heterocycles. The fourth-order valence-corrected chi connectivity index (χ4v) is 1.86. The molecule has 0 spiro atoms. The molecule has 7 heteroatoms. The Balaban J connectivity index is 2.32. The second-order valence-corrected chi connectivity index (χ2v) is 4.20. The number of hydrogen-bond acceptors (Lipinski definition) is 3. The Morgan fingerprint density at radius 3 is 2.61 bits per heavy atom. The monoisotopic (exact) mass is 264 g/mol. The van der Waals surface area contributed by atoms with Gasteiger partial charge in [0.2, 0.25) is 5.60 Å². The van der Waals surface area contributed by atoms with Gasteiger partial charge in [-0.3, -0.25) is 0 Å². The molecule has 3 nitrogen and oxygen atoms in total. The molecule has 0 bridgehead atoms. The average molecular weight is 264 g/mol. The van der Waals surface area contributed by atoms with E-state index < -0.39 is 17.6 Å². The molecule has 1 saturated heterocycles. The molecule has 2 rings (SSSR count). The quantitative estimate of drug-likeness (QED) is 0.635. The Hall–Kier alpha value is -1.50. The van der Waals surface area contributed by atoms with E-state index in [0.717, 1.165) is 12.1 Å². The number of anilines is 1. The third kappa shape index (κ3) is 2.22. The second kappa shape index (κ2) is 4.31. The Bertz CT molecular complexity index is 441. The zero-order valence-electron chi connectivity index (χ0n) is 9.35. The van der Waals surface area contributed by atoms with Crippen LogP contribution in [0.4, 0.5) is 23.2 Å². The van der Waals surface area contributed by atoms with Gasteiger partial charge in [-0.2, -0.15) is 13.2 Å². The van der Waals surface area contributed by atoms with E-state index in [4.69, 9.17) is 10.5 Å². The smallest absolute Gasteiger partial charge is 0.429 e. The van der Waals surface area contributed by atoms with Crippen LogP contribution < -0.4 is 15.8 Å². The van der Waals surface area contributed by atoms with E-state index in [-0.39, 0.29) is 30.9 Å². The molecular weight excluding hydrogens is 252 g/mol. The normalized spacial score (nSPS) is 24.2. The fraction of sp³-hybridized carbons (Fsp3) is 0.455. The van der Waals surface area contributed by atoms with Crippen LogP contribution in [0.1, 0.15) is 6.42 Å². The predicted molar refractivity (Wildman–Crippen MR) is 57.7 cm³/mol. The standard InChI is InChI=1S/C11H12F4N2O/c12-7-1-2-8(16)9(5-7)18-10(11(13,14)15)3-4-17-6-10/h1-2,5,17H,3-4,6,16H2. The van der Waals surface area contributed by atoms with Gasteiger partial charge in [0.1, 0.15) is 11.6 Å².